The molecule has 0 fully saturated rings. The van der Waals surface area contributed by atoms with Gasteiger partial charge in [-0.25, -0.2) is 0 Å². The van der Waals surface area contributed by atoms with E-state index in [2.05, 4.69) is 23.3 Å². The van der Waals surface area contributed by atoms with Crippen LogP contribution in [0.1, 0.15) is 52.5 Å². The number of fused-ring (bicyclic) bond motifs is 1. The first-order valence-electron chi connectivity index (χ1n) is 14.4. The first-order valence-corrected chi connectivity index (χ1v) is 14.4. The van der Waals surface area contributed by atoms with Crippen molar-refractivity contribution in [3.8, 4) is 5.75 Å². The Morgan fingerprint density at radius 2 is 1.54 bits per heavy atom. The van der Waals surface area contributed by atoms with Crippen molar-refractivity contribution in [1.29, 1.82) is 0 Å². The molecule has 0 bridgehead atoms. The molecule has 1 aliphatic rings. The monoisotopic (exact) mass is 582 g/mol. The van der Waals surface area contributed by atoms with Crippen LogP contribution in [0.2, 0.25) is 0 Å². The molecule has 1 amide bonds. The predicted molar refractivity (Wildman–Crippen MR) is 157 cm³/mol. The standard InChI is InChI=1S/C27H44N2O8.C3H6O/c1-27(2,3)37-26(31)9-12-32-14-16-34-18-19-35-17-15-33-13-10-28-25(30)21-36-23-7-8-24-22(20-23)6-5-11-29(24)4;1-2-3-4/h7-8,20H,5-6,9-19,21H2,1-4H3,(H,28,30);3H,2H2,1H3. The predicted octanol–water partition coefficient (Wildman–Crippen LogP) is 2.96. The molecule has 234 valence electrons. The molecule has 1 N–H and O–H groups in total. The molecule has 11 heteroatoms. The summed E-state index contributed by atoms with van der Waals surface area (Å²) in [5.74, 6) is 0.266. The maximum absolute atomic E-state index is 12.0. The molecule has 41 heavy (non-hydrogen) atoms. The molecule has 0 aliphatic carbocycles. The third kappa shape index (κ3) is 19.1. The number of carbonyl (C=O) groups excluding carboxylic acids is 3. The summed E-state index contributed by atoms with van der Waals surface area (Å²) in [4.78, 5) is 34.9. The van der Waals surface area contributed by atoms with Crippen LogP contribution >= 0.6 is 0 Å². The molecule has 1 heterocycles. The largest absolute Gasteiger partial charge is 0.484 e. The van der Waals surface area contributed by atoms with Crippen molar-refractivity contribution >= 4 is 23.9 Å². The van der Waals surface area contributed by atoms with Crippen LogP contribution in [-0.2, 0) is 44.5 Å². The van der Waals surface area contributed by atoms with E-state index in [0.717, 1.165) is 25.7 Å². The van der Waals surface area contributed by atoms with E-state index in [1.165, 1.54) is 11.3 Å². The van der Waals surface area contributed by atoms with E-state index >= 15 is 0 Å². The van der Waals surface area contributed by atoms with Gasteiger partial charge >= 0.3 is 5.97 Å². The van der Waals surface area contributed by atoms with Gasteiger partial charge in [-0.2, -0.15) is 0 Å². The Morgan fingerprint density at radius 1 is 0.951 bits per heavy atom. The number of rotatable bonds is 19. The number of amides is 1. The Kier molecular flexibility index (Phi) is 19.4. The normalized spacial score (nSPS) is 12.6. The van der Waals surface area contributed by atoms with Gasteiger partial charge in [0.05, 0.1) is 59.3 Å². The van der Waals surface area contributed by atoms with Crippen LogP contribution in [0.15, 0.2) is 18.2 Å². The van der Waals surface area contributed by atoms with Gasteiger partial charge in [0.15, 0.2) is 6.61 Å². The maximum atomic E-state index is 12.0. The molecule has 0 radical (unpaired) electrons. The van der Waals surface area contributed by atoms with Crippen molar-refractivity contribution < 1.29 is 42.8 Å². The van der Waals surface area contributed by atoms with E-state index in [-0.39, 0.29) is 24.9 Å². The highest BCUT2D eigenvalue weighted by Gasteiger charge is 2.16. The molecular formula is C30H50N2O9. The van der Waals surface area contributed by atoms with E-state index in [9.17, 15) is 14.4 Å². The van der Waals surface area contributed by atoms with Crippen molar-refractivity contribution in [2.24, 2.45) is 0 Å². The third-order valence-electron chi connectivity index (χ3n) is 5.49. The zero-order valence-electron chi connectivity index (χ0n) is 25.5. The van der Waals surface area contributed by atoms with Gasteiger partial charge in [-0.05, 0) is 57.4 Å². The summed E-state index contributed by atoms with van der Waals surface area (Å²) in [7, 11) is 2.09. The number of aryl methyl sites for hydroxylation is 1. The van der Waals surface area contributed by atoms with Crippen LogP contribution in [0.4, 0.5) is 5.69 Å². The Bertz CT molecular complexity index is 874. The average molecular weight is 583 g/mol. The molecule has 1 aromatic rings. The van der Waals surface area contributed by atoms with Gasteiger partial charge in [-0.1, -0.05) is 6.92 Å². The molecule has 0 saturated heterocycles. The average Bonchev–Trinajstić information content (AvgIpc) is 2.93. The second-order valence-corrected chi connectivity index (χ2v) is 10.3. The summed E-state index contributed by atoms with van der Waals surface area (Å²) in [6.07, 6.45) is 3.90. The lowest BCUT2D eigenvalue weighted by molar-refractivity contribution is -0.156. The topological polar surface area (TPSA) is 122 Å². The lowest BCUT2D eigenvalue weighted by atomic mass is 10.0. The van der Waals surface area contributed by atoms with Crippen LogP contribution in [0, 0.1) is 0 Å². The zero-order chi connectivity index (χ0) is 30.3. The first-order chi connectivity index (χ1) is 19.7. The van der Waals surface area contributed by atoms with Gasteiger partial charge in [0.25, 0.3) is 5.91 Å². The molecular weight excluding hydrogens is 532 g/mol. The fourth-order valence-electron chi connectivity index (χ4n) is 3.62. The van der Waals surface area contributed by atoms with E-state index in [1.54, 1.807) is 0 Å². The van der Waals surface area contributed by atoms with Crippen LogP contribution in [0.3, 0.4) is 0 Å². The van der Waals surface area contributed by atoms with Crippen molar-refractivity contribution in [2.45, 2.75) is 59.0 Å². The number of esters is 1. The molecule has 0 unspecified atom stereocenters. The highest BCUT2D eigenvalue weighted by atomic mass is 16.6. The lowest BCUT2D eigenvalue weighted by Crippen LogP contribution is -2.32. The highest BCUT2D eigenvalue weighted by Crippen LogP contribution is 2.29. The fraction of sp³-hybridized carbons (Fsp3) is 0.700. The summed E-state index contributed by atoms with van der Waals surface area (Å²) >= 11 is 0. The second kappa shape index (κ2) is 21.9. The van der Waals surface area contributed by atoms with Gasteiger partial charge in [-0.15, -0.1) is 0 Å². The van der Waals surface area contributed by atoms with Gasteiger partial charge in [0, 0.05) is 32.2 Å². The van der Waals surface area contributed by atoms with Crippen molar-refractivity contribution in [1.82, 2.24) is 5.32 Å². The molecule has 0 spiro atoms. The number of anilines is 1. The Morgan fingerprint density at radius 3 is 2.12 bits per heavy atom. The fourth-order valence-corrected chi connectivity index (χ4v) is 3.62. The Hall–Kier alpha value is -2.73. The Balaban J connectivity index is 0.00000196. The number of benzene rings is 1. The first kappa shape index (κ1) is 36.3. The third-order valence-corrected chi connectivity index (χ3v) is 5.49. The summed E-state index contributed by atoms with van der Waals surface area (Å²) in [5, 5.41) is 2.78. The van der Waals surface area contributed by atoms with Crippen LogP contribution in [-0.4, -0.2) is 103 Å². The lowest BCUT2D eigenvalue weighted by Gasteiger charge is -2.27. The molecule has 0 atom stereocenters. The van der Waals surface area contributed by atoms with Gasteiger partial charge < -0.3 is 43.4 Å². The number of hydrogen-bond donors (Lipinski definition) is 1. The highest BCUT2D eigenvalue weighted by molar-refractivity contribution is 5.77. The van der Waals surface area contributed by atoms with E-state index < -0.39 is 5.60 Å². The summed E-state index contributed by atoms with van der Waals surface area (Å²) < 4.78 is 32.5. The maximum Gasteiger partial charge on any atom is 0.308 e. The number of nitrogens with one attached hydrogen (secondary N) is 1. The van der Waals surface area contributed by atoms with E-state index in [0.29, 0.717) is 71.6 Å². The molecule has 2 rings (SSSR count). The molecule has 11 nitrogen and oxygen atoms in total. The van der Waals surface area contributed by atoms with Gasteiger partial charge in [0.1, 0.15) is 17.6 Å². The number of aldehydes is 1. The number of nitrogens with zero attached hydrogens (tertiary/aromatic N) is 1. The number of ether oxygens (including phenoxy) is 6. The molecule has 1 aromatic carbocycles. The van der Waals surface area contributed by atoms with Crippen molar-refractivity contribution in [3.05, 3.63) is 23.8 Å². The smallest absolute Gasteiger partial charge is 0.308 e. The van der Waals surface area contributed by atoms with Crippen molar-refractivity contribution in [3.63, 3.8) is 0 Å². The minimum atomic E-state index is -0.475. The van der Waals surface area contributed by atoms with Gasteiger partial charge in [0.2, 0.25) is 0 Å². The summed E-state index contributed by atoms with van der Waals surface area (Å²) in [5.41, 5.74) is 2.02. The molecule has 0 aromatic heterocycles. The summed E-state index contributed by atoms with van der Waals surface area (Å²) in [6.45, 7) is 12.1. The second-order valence-electron chi connectivity index (χ2n) is 10.3. The van der Waals surface area contributed by atoms with E-state index in [4.69, 9.17) is 28.4 Å². The van der Waals surface area contributed by atoms with Crippen LogP contribution in [0.25, 0.3) is 0 Å². The zero-order valence-corrected chi connectivity index (χ0v) is 25.5. The van der Waals surface area contributed by atoms with Gasteiger partial charge in [-0.3, -0.25) is 9.59 Å². The van der Waals surface area contributed by atoms with Crippen LogP contribution in [0.5, 0.6) is 5.75 Å². The molecule has 1 aliphatic heterocycles. The van der Waals surface area contributed by atoms with Crippen LogP contribution < -0.4 is 15.0 Å². The quantitative estimate of drug-likeness (QED) is 0.148. The Labute approximate surface area is 245 Å². The minimum absolute atomic E-state index is 0.0213. The van der Waals surface area contributed by atoms with Crippen molar-refractivity contribution in [2.75, 3.05) is 84.5 Å². The molecule has 0 saturated carbocycles. The number of carbonyl (C=O) groups is 3. The summed E-state index contributed by atoms with van der Waals surface area (Å²) in [6, 6.07) is 5.98. The minimum Gasteiger partial charge on any atom is -0.484 e. The van der Waals surface area contributed by atoms with E-state index in [1.807, 2.05) is 39.8 Å². The SMILES string of the molecule is CCC=O.CN1CCCc2cc(OCC(=O)NCCOCCOCCOCCOCCC(=O)OC(C)(C)C)ccc21. The number of hydrogen-bond acceptors (Lipinski definition) is 10.